The highest BCUT2D eigenvalue weighted by Gasteiger charge is 2.14. The molecule has 0 saturated carbocycles. The monoisotopic (exact) mass is 408 g/mol. The number of hydrogen-bond donors (Lipinski definition) is 0. The highest BCUT2D eigenvalue weighted by Crippen LogP contribution is 2.36. The molecule has 3 heteroatoms. The van der Waals surface area contributed by atoms with Crippen molar-refractivity contribution in [1.82, 2.24) is 0 Å². The molecule has 3 rings (SSSR count). The topological polar surface area (TPSA) is 0 Å². The minimum absolute atomic E-state index is 0.175. The predicted octanol–water partition coefficient (Wildman–Crippen LogP) is 6.69. The van der Waals surface area contributed by atoms with Crippen LogP contribution in [0.1, 0.15) is 16.5 Å². The van der Waals surface area contributed by atoms with Gasteiger partial charge in [0.2, 0.25) is 0 Å². The molecule has 0 nitrogen and oxygen atoms in total. The lowest BCUT2D eigenvalue weighted by molar-refractivity contribution is 1.13. The maximum absolute atomic E-state index is 6.66. The molecular formula is C17H11Br2Cl. The fourth-order valence-electron chi connectivity index (χ4n) is 2.25. The summed E-state index contributed by atoms with van der Waals surface area (Å²) in [4.78, 5) is 0. The van der Waals surface area contributed by atoms with E-state index in [2.05, 4.69) is 68.3 Å². The maximum atomic E-state index is 6.66. The largest absolute Gasteiger partial charge is 0.113 e. The minimum atomic E-state index is -0.175. The number of benzene rings is 3. The second-order valence-corrected chi connectivity index (χ2v) is 6.84. The zero-order valence-electron chi connectivity index (χ0n) is 10.5. The number of alkyl halides is 1. The predicted molar refractivity (Wildman–Crippen MR) is 93.5 cm³/mol. The van der Waals surface area contributed by atoms with E-state index in [9.17, 15) is 0 Å². The highest BCUT2D eigenvalue weighted by atomic mass is 79.9. The highest BCUT2D eigenvalue weighted by molar-refractivity contribution is 9.11. The van der Waals surface area contributed by atoms with Gasteiger partial charge in [-0.2, -0.15) is 0 Å². The summed E-state index contributed by atoms with van der Waals surface area (Å²) in [5.74, 6) is 0. The molecule has 0 aromatic heterocycles. The van der Waals surface area contributed by atoms with Crippen LogP contribution < -0.4 is 0 Å². The van der Waals surface area contributed by atoms with Crippen LogP contribution in [0, 0.1) is 0 Å². The van der Waals surface area contributed by atoms with E-state index in [0.29, 0.717) is 0 Å². The summed E-state index contributed by atoms with van der Waals surface area (Å²) in [7, 11) is 0. The van der Waals surface area contributed by atoms with Crippen LogP contribution in [-0.2, 0) is 0 Å². The van der Waals surface area contributed by atoms with E-state index in [1.807, 2.05) is 24.3 Å². The van der Waals surface area contributed by atoms with Gasteiger partial charge in [0.1, 0.15) is 0 Å². The Morgan fingerprint density at radius 2 is 1.55 bits per heavy atom. The lowest BCUT2D eigenvalue weighted by Gasteiger charge is -2.13. The molecule has 0 radical (unpaired) electrons. The second kappa shape index (κ2) is 5.88. The van der Waals surface area contributed by atoms with Gasteiger partial charge in [-0.1, -0.05) is 68.3 Å². The Balaban J connectivity index is 2.07. The van der Waals surface area contributed by atoms with E-state index in [0.717, 1.165) is 20.1 Å². The molecule has 0 heterocycles. The summed E-state index contributed by atoms with van der Waals surface area (Å²) in [5, 5.41) is 2.27. The van der Waals surface area contributed by atoms with Crippen LogP contribution in [0.2, 0.25) is 0 Å². The van der Waals surface area contributed by atoms with Crippen LogP contribution in [0.4, 0.5) is 0 Å². The fraction of sp³-hybridized carbons (Fsp3) is 0.0588. The van der Waals surface area contributed by atoms with Gasteiger partial charge >= 0.3 is 0 Å². The standard InChI is InChI=1S/C17H11Br2Cl/c18-14-7-8-16(19)15(10-14)17(20)13-6-5-11-3-1-2-4-12(11)9-13/h1-10,17H. The van der Waals surface area contributed by atoms with Gasteiger partial charge in [0, 0.05) is 8.95 Å². The van der Waals surface area contributed by atoms with Crippen molar-refractivity contribution in [3.63, 3.8) is 0 Å². The fourth-order valence-corrected chi connectivity index (χ4v) is 3.56. The Hall–Kier alpha value is -0.830. The molecule has 0 saturated heterocycles. The third-order valence-electron chi connectivity index (χ3n) is 3.30. The Morgan fingerprint density at radius 3 is 2.35 bits per heavy atom. The lowest BCUT2D eigenvalue weighted by Crippen LogP contribution is -1.95. The average Bonchev–Trinajstić information content (AvgIpc) is 2.48. The van der Waals surface area contributed by atoms with Gasteiger partial charge in [-0.25, -0.2) is 0 Å². The number of hydrogen-bond acceptors (Lipinski definition) is 0. The maximum Gasteiger partial charge on any atom is 0.0846 e. The smallest absolute Gasteiger partial charge is 0.0846 e. The molecule has 20 heavy (non-hydrogen) atoms. The van der Waals surface area contributed by atoms with Crippen LogP contribution >= 0.6 is 43.5 Å². The van der Waals surface area contributed by atoms with Crippen molar-refractivity contribution < 1.29 is 0 Å². The average molecular weight is 411 g/mol. The minimum Gasteiger partial charge on any atom is -0.113 e. The molecule has 0 aliphatic carbocycles. The van der Waals surface area contributed by atoms with Crippen LogP contribution in [0.3, 0.4) is 0 Å². The van der Waals surface area contributed by atoms with E-state index in [4.69, 9.17) is 11.6 Å². The SMILES string of the molecule is ClC(c1ccc2ccccc2c1)c1cc(Br)ccc1Br. The Kier molecular flexibility index (Phi) is 4.16. The molecule has 1 unspecified atom stereocenters. The number of fused-ring (bicyclic) bond motifs is 1. The zero-order chi connectivity index (χ0) is 14.1. The Morgan fingerprint density at radius 1 is 0.800 bits per heavy atom. The molecule has 0 aliphatic rings. The summed E-state index contributed by atoms with van der Waals surface area (Å²) in [6, 6.07) is 20.7. The van der Waals surface area contributed by atoms with Crippen molar-refractivity contribution in [1.29, 1.82) is 0 Å². The molecule has 100 valence electrons. The molecule has 3 aromatic carbocycles. The normalized spacial score (nSPS) is 12.6. The van der Waals surface area contributed by atoms with E-state index in [1.165, 1.54) is 10.8 Å². The Labute approximate surface area is 140 Å². The van der Waals surface area contributed by atoms with E-state index < -0.39 is 0 Å². The van der Waals surface area contributed by atoms with Crippen molar-refractivity contribution in [2.45, 2.75) is 5.38 Å². The molecular weight excluding hydrogens is 399 g/mol. The third-order valence-corrected chi connectivity index (χ3v) is 5.00. The first-order chi connectivity index (χ1) is 9.65. The van der Waals surface area contributed by atoms with Gasteiger partial charge < -0.3 is 0 Å². The second-order valence-electron chi connectivity index (χ2n) is 4.63. The molecule has 1 atom stereocenters. The zero-order valence-corrected chi connectivity index (χ0v) is 14.4. The van der Waals surface area contributed by atoms with E-state index >= 15 is 0 Å². The summed E-state index contributed by atoms with van der Waals surface area (Å²) in [5.41, 5.74) is 2.17. The summed E-state index contributed by atoms with van der Waals surface area (Å²) in [6.45, 7) is 0. The summed E-state index contributed by atoms with van der Waals surface area (Å²) in [6.07, 6.45) is 0. The van der Waals surface area contributed by atoms with E-state index in [1.54, 1.807) is 0 Å². The van der Waals surface area contributed by atoms with Gasteiger partial charge in [-0.15, -0.1) is 11.6 Å². The van der Waals surface area contributed by atoms with Crippen LogP contribution in [-0.4, -0.2) is 0 Å². The number of rotatable bonds is 2. The van der Waals surface area contributed by atoms with E-state index in [-0.39, 0.29) is 5.38 Å². The van der Waals surface area contributed by atoms with Crippen LogP contribution in [0.25, 0.3) is 10.8 Å². The van der Waals surface area contributed by atoms with Gasteiger partial charge in [-0.05, 0) is 46.2 Å². The van der Waals surface area contributed by atoms with Crippen molar-refractivity contribution in [3.8, 4) is 0 Å². The molecule has 0 aliphatic heterocycles. The van der Waals surface area contributed by atoms with Crippen molar-refractivity contribution in [3.05, 3.63) is 80.7 Å². The van der Waals surface area contributed by atoms with Crippen molar-refractivity contribution in [2.24, 2.45) is 0 Å². The molecule has 0 N–H and O–H groups in total. The Bertz CT molecular complexity index is 768. The molecule has 0 bridgehead atoms. The van der Waals surface area contributed by atoms with Gasteiger partial charge in [0.05, 0.1) is 5.38 Å². The first-order valence-corrected chi connectivity index (χ1v) is 8.25. The van der Waals surface area contributed by atoms with Gasteiger partial charge in [-0.3, -0.25) is 0 Å². The quantitative estimate of drug-likeness (QED) is 0.413. The summed E-state index contributed by atoms with van der Waals surface area (Å²) >= 11 is 13.7. The van der Waals surface area contributed by atoms with Crippen molar-refractivity contribution in [2.75, 3.05) is 0 Å². The molecule has 3 aromatic rings. The first-order valence-electron chi connectivity index (χ1n) is 6.23. The van der Waals surface area contributed by atoms with Crippen molar-refractivity contribution >= 4 is 54.2 Å². The third kappa shape index (κ3) is 2.78. The summed E-state index contributed by atoms with van der Waals surface area (Å²) < 4.78 is 2.05. The van der Waals surface area contributed by atoms with Gasteiger partial charge in [0.25, 0.3) is 0 Å². The number of halogens is 3. The molecule has 0 spiro atoms. The molecule has 0 amide bonds. The van der Waals surface area contributed by atoms with Crippen LogP contribution in [0.15, 0.2) is 69.6 Å². The van der Waals surface area contributed by atoms with Crippen LogP contribution in [0.5, 0.6) is 0 Å². The molecule has 0 fully saturated rings. The lowest BCUT2D eigenvalue weighted by atomic mass is 10.0. The van der Waals surface area contributed by atoms with Gasteiger partial charge in [0.15, 0.2) is 0 Å². The first kappa shape index (κ1) is 14.1.